The highest BCUT2D eigenvalue weighted by atomic mass is 19.4. The van der Waals surface area contributed by atoms with Crippen LogP contribution in [0.5, 0.6) is 5.75 Å². The predicted molar refractivity (Wildman–Crippen MR) is 126 cm³/mol. The fourth-order valence-electron chi connectivity index (χ4n) is 4.55. The molecule has 37 heavy (non-hydrogen) atoms. The number of aromatic nitrogens is 5. The molecular formula is C25H22F4N6O2. The molecule has 12 heteroatoms. The second kappa shape index (κ2) is 9.34. The van der Waals surface area contributed by atoms with Gasteiger partial charge in [-0.05, 0) is 37.1 Å². The number of methoxy groups -OCH3 is 1. The first-order valence-corrected chi connectivity index (χ1v) is 11.4. The van der Waals surface area contributed by atoms with Crippen LogP contribution in [0.1, 0.15) is 18.0 Å². The van der Waals surface area contributed by atoms with E-state index in [4.69, 9.17) is 4.74 Å². The minimum Gasteiger partial charge on any atom is -0.496 e. The minimum atomic E-state index is -4.67. The summed E-state index contributed by atoms with van der Waals surface area (Å²) < 4.78 is 63.1. The standard InChI is InChI=1S/C25H22F4N6O2/c1-33-12-16(11-30-33)17-7-6-15(10-23(17)37-2)20-13-35(32-31-20)22-9-8-18-19(26)4-3-5-21(18)34(24(22)36)14-25(27,28)29/h3-7,10-13,22H,8-9,14H2,1-2H3/t22-/m0/s1. The van der Waals surface area contributed by atoms with Crippen molar-refractivity contribution in [2.24, 2.45) is 7.05 Å². The molecule has 1 aliphatic rings. The molecule has 0 aliphatic carbocycles. The molecule has 0 radical (unpaired) electrons. The van der Waals surface area contributed by atoms with Gasteiger partial charge in [0.05, 0.1) is 25.2 Å². The third kappa shape index (κ3) is 4.78. The Morgan fingerprint density at radius 1 is 1.14 bits per heavy atom. The van der Waals surface area contributed by atoms with Gasteiger partial charge in [-0.1, -0.05) is 17.3 Å². The highest BCUT2D eigenvalue weighted by Gasteiger charge is 2.40. The van der Waals surface area contributed by atoms with Gasteiger partial charge >= 0.3 is 6.18 Å². The van der Waals surface area contributed by atoms with Gasteiger partial charge in [0.15, 0.2) is 0 Å². The summed E-state index contributed by atoms with van der Waals surface area (Å²) in [6.45, 7) is -1.53. The van der Waals surface area contributed by atoms with Gasteiger partial charge in [0.2, 0.25) is 0 Å². The van der Waals surface area contributed by atoms with Crippen molar-refractivity contribution < 1.29 is 27.1 Å². The number of anilines is 1. The molecule has 1 atom stereocenters. The molecule has 8 nitrogen and oxygen atoms in total. The molecule has 3 heterocycles. The number of benzene rings is 2. The molecule has 0 N–H and O–H groups in total. The van der Waals surface area contributed by atoms with E-state index in [0.717, 1.165) is 11.1 Å². The summed E-state index contributed by atoms with van der Waals surface area (Å²) in [5.74, 6) is -0.922. The van der Waals surface area contributed by atoms with Crippen molar-refractivity contribution in [2.45, 2.75) is 25.1 Å². The van der Waals surface area contributed by atoms with Crippen molar-refractivity contribution in [3.63, 3.8) is 0 Å². The highest BCUT2D eigenvalue weighted by molar-refractivity contribution is 5.97. The summed E-state index contributed by atoms with van der Waals surface area (Å²) in [6, 6.07) is 8.10. The van der Waals surface area contributed by atoms with E-state index in [1.54, 1.807) is 30.1 Å². The average Bonchev–Trinajstić information content (AvgIpc) is 3.49. The van der Waals surface area contributed by atoms with Crippen molar-refractivity contribution in [3.05, 3.63) is 66.4 Å². The van der Waals surface area contributed by atoms with Crippen LogP contribution in [0, 0.1) is 5.82 Å². The zero-order chi connectivity index (χ0) is 26.3. The lowest BCUT2D eigenvalue weighted by molar-refractivity contribution is -0.134. The number of alkyl halides is 3. The van der Waals surface area contributed by atoms with Crippen molar-refractivity contribution in [1.29, 1.82) is 0 Å². The number of rotatable bonds is 5. The molecule has 1 aliphatic heterocycles. The molecule has 0 bridgehead atoms. The van der Waals surface area contributed by atoms with Crippen LogP contribution < -0.4 is 9.64 Å². The molecule has 0 unspecified atom stereocenters. The van der Waals surface area contributed by atoms with Crippen LogP contribution in [0.25, 0.3) is 22.4 Å². The van der Waals surface area contributed by atoms with Crippen molar-refractivity contribution >= 4 is 11.6 Å². The van der Waals surface area contributed by atoms with Crippen LogP contribution in [-0.2, 0) is 18.3 Å². The Kier molecular flexibility index (Phi) is 6.18. The summed E-state index contributed by atoms with van der Waals surface area (Å²) in [5, 5.41) is 12.4. The summed E-state index contributed by atoms with van der Waals surface area (Å²) in [7, 11) is 3.34. The van der Waals surface area contributed by atoms with Crippen LogP contribution >= 0.6 is 0 Å². The van der Waals surface area contributed by atoms with Gasteiger partial charge in [0, 0.05) is 35.5 Å². The van der Waals surface area contributed by atoms with Gasteiger partial charge in [-0.2, -0.15) is 18.3 Å². The van der Waals surface area contributed by atoms with E-state index in [0.29, 0.717) is 21.9 Å². The zero-order valence-electron chi connectivity index (χ0n) is 19.9. The van der Waals surface area contributed by atoms with Gasteiger partial charge in [0.25, 0.3) is 5.91 Å². The Labute approximate surface area is 209 Å². The number of aryl methyl sites for hydroxylation is 1. The molecule has 0 saturated heterocycles. The predicted octanol–water partition coefficient (Wildman–Crippen LogP) is 4.58. The largest absolute Gasteiger partial charge is 0.496 e. The van der Waals surface area contributed by atoms with Gasteiger partial charge in [-0.3, -0.25) is 9.48 Å². The van der Waals surface area contributed by atoms with Gasteiger partial charge < -0.3 is 9.64 Å². The number of hydrogen-bond donors (Lipinski definition) is 0. The van der Waals surface area contributed by atoms with Crippen molar-refractivity contribution in [2.75, 3.05) is 18.6 Å². The van der Waals surface area contributed by atoms with Crippen molar-refractivity contribution in [1.82, 2.24) is 24.8 Å². The molecule has 0 fully saturated rings. The normalized spacial score (nSPS) is 16.0. The Morgan fingerprint density at radius 2 is 1.95 bits per heavy atom. The fourth-order valence-corrected chi connectivity index (χ4v) is 4.55. The Morgan fingerprint density at radius 3 is 2.65 bits per heavy atom. The Balaban J connectivity index is 1.48. The first-order chi connectivity index (χ1) is 17.6. The van der Waals surface area contributed by atoms with Crippen LogP contribution in [0.3, 0.4) is 0 Å². The maximum absolute atomic E-state index is 14.5. The summed E-state index contributed by atoms with van der Waals surface area (Å²) >= 11 is 0. The monoisotopic (exact) mass is 514 g/mol. The van der Waals surface area contributed by atoms with E-state index in [-0.39, 0.29) is 24.1 Å². The number of halogens is 4. The molecule has 5 rings (SSSR count). The number of ether oxygens (including phenoxy) is 1. The first-order valence-electron chi connectivity index (χ1n) is 11.4. The fraction of sp³-hybridized carbons (Fsp3) is 0.280. The number of hydrogen-bond acceptors (Lipinski definition) is 5. The SMILES string of the molecule is COc1cc(-c2cn([C@H]3CCc4c(F)cccc4N(CC(F)(F)F)C3=O)nn2)ccc1-c1cnn(C)c1. The number of carbonyl (C=O) groups excluding carboxylic acids is 1. The summed E-state index contributed by atoms with van der Waals surface area (Å²) in [4.78, 5) is 13.9. The maximum atomic E-state index is 14.5. The smallest absolute Gasteiger partial charge is 0.406 e. The number of carbonyl (C=O) groups is 1. The maximum Gasteiger partial charge on any atom is 0.406 e. The minimum absolute atomic E-state index is 0.0627. The molecular weight excluding hydrogens is 492 g/mol. The van der Waals surface area contributed by atoms with E-state index in [9.17, 15) is 22.4 Å². The second-order valence-corrected chi connectivity index (χ2v) is 8.73. The Hall–Kier alpha value is -4.22. The van der Waals surface area contributed by atoms with Gasteiger partial charge in [-0.15, -0.1) is 5.10 Å². The lowest BCUT2D eigenvalue weighted by Crippen LogP contribution is -2.42. The molecule has 4 aromatic rings. The average molecular weight is 514 g/mol. The van der Waals surface area contributed by atoms with E-state index in [1.165, 1.54) is 36.2 Å². The number of amides is 1. The van der Waals surface area contributed by atoms with Crippen LogP contribution in [0.4, 0.5) is 23.2 Å². The third-order valence-electron chi connectivity index (χ3n) is 6.28. The van der Waals surface area contributed by atoms with Crippen LogP contribution in [0.2, 0.25) is 0 Å². The molecule has 1 amide bonds. The van der Waals surface area contributed by atoms with Gasteiger partial charge in [0.1, 0.15) is 29.8 Å². The van der Waals surface area contributed by atoms with E-state index >= 15 is 0 Å². The zero-order valence-corrected chi connectivity index (χ0v) is 19.9. The van der Waals surface area contributed by atoms with Crippen LogP contribution in [-0.4, -0.2) is 50.5 Å². The van der Waals surface area contributed by atoms with E-state index < -0.39 is 30.5 Å². The summed E-state index contributed by atoms with van der Waals surface area (Å²) in [5.41, 5.74) is 2.69. The molecule has 0 spiro atoms. The lowest BCUT2D eigenvalue weighted by atomic mass is 10.0. The Bertz CT molecular complexity index is 1460. The lowest BCUT2D eigenvalue weighted by Gasteiger charge is -2.26. The second-order valence-electron chi connectivity index (χ2n) is 8.73. The topological polar surface area (TPSA) is 78.1 Å². The number of nitrogens with zero attached hydrogens (tertiary/aromatic N) is 6. The highest BCUT2D eigenvalue weighted by Crippen LogP contribution is 2.36. The van der Waals surface area contributed by atoms with Gasteiger partial charge in [-0.25, -0.2) is 9.07 Å². The van der Waals surface area contributed by atoms with E-state index in [2.05, 4.69) is 15.4 Å². The third-order valence-corrected chi connectivity index (χ3v) is 6.28. The first kappa shape index (κ1) is 24.5. The molecule has 2 aromatic carbocycles. The molecule has 0 saturated carbocycles. The van der Waals surface area contributed by atoms with E-state index in [1.807, 2.05) is 12.3 Å². The summed E-state index contributed by atoms with van der Waals surface area (Å²) in [6.07, 6.45) is 0.508. The van der Waals surface area contributed by atoms with Crippen molar-refractivity contribution in [3.8, 4) is 28.1 Å². The number of fused-ring (bicyclic) bond motifs is 1. The molecule has 192 valence electrons. The van der Waals surface area contributed by atoms with Crippen LogP contribution in [0.15, 0.2) is 55.0 Å². The quantitative estimate of drug-likeness (QED) is 0.365. The molecule has 2 aromatic heterocycles.